The lowest BCUT2D eigenvalue weighted by Gasteiger charge is -2.19. The van der Waals surface area contributed by atoms with Crippen LogP contribution in [0.5, 0.6) is 0 Å². The molecule has 0 aromatic heterocycles. The molecule has 0 aromatic carbocycles. The van der Waals surface area contributed by atoms with Crippen LogP contribution in [0.2, 0.25) is 0 Å². The normalized spacial score (nSPS) is 17.8. The van der Waals surface area contributed by atoms with Gasteiger partial charge in [0.25, 0.3) is 0 Å². The van der Waals surface area contributed by atoms with E-state index >= 15 is 0 Å². The molecule has 0 N–H and O–H groups in total. The van der Waals surface area contributed by atoms with Crippen LogP contribution in [0.15, 0.2) is 0 Å². The van der Waals surface area contributed by atoms with Crippen molar-refractivity contribution in [3.05, 3.63) is 0 Å². The third-order valence-corrected chi connectivity index (χ3v) is 6.25. The van der Waals surface area contributed by atoms with E-state index in [0.717, 1.165) is 0 Å². The van der Waals surface area contributed by atoms with E-state index < -0.39 is 41.7 Å². The summed E-state index contributed by atoms with van der Waals surface area (Å²) in [4.78, 5) is 0. The molecule has 0 spiro atoms. The van der Waals surface area contributed by atoms with Gasteiger partial charge in [-0.2, -0.15) is 17.6 Å². The van der Waals surface area contributed by atoms with Crippen molar-refractivity contribution in [1.29, 1.82) is 0 Å². The van der Waals surface area contributed by atoms with Crippen molar-refractivity contribution in [2.75, 3.05) is 0 Å². The number of rotatable bonds is 5. The van der Waals surface area contributed by atoms with E-state index in [2.05, 4.69) is 0 Å². The van der Waals surface area contributed by atoms with Gasteiger partial charge in [0.05, 0.1) is 10.5 Å². The lowest BCUT2D eigenvalue weighted by molar-refractivity contribution is 0.229. The van der Waals surface area contributed by atoms with Crippen LogP contribution < -0.4 is 0 Å². The van der Waals surface area contributed by atoms with Gasteiger partial charge in [-0.1, -0.05) is 0 Å². The van der Waals surface area contributed by atoms with E-state index in [1.807, 2.05) is 0 Å². The average molecular weight is 286 g/mol. The lowest BCUT2D eigenvalue weighted by Crippen LogP contribution is -2.40. The highest BCUT2D eigenvalue weighted by Crippen LogP contribution is 2.23. The van der Waals surface area contributed by atoms with Gasteiger partial charge in [-0.15, -0.1) is 0 Å². The summed E-state index contributed by atoms with van der Waals surface area (Å²) in [5.41, 5.74) is 0. The van der Waals surface area contributed by atoms with Crippen LogP contribution in [0, 0.1) is 0 Å². The second-order valence-electron chi connectivity index (χ2n) is 3.11. The SMILES string of the molecule is CC(C(C)S(=O)(=O)C(F)F)S(=O)(=O)C(F)F. The topological polar surface area (TPSA) is 68.3 Å². The summed E-state index contributed by atoms with van der Waals surface area (Å²) >= 11 is 0. The Labute approximate surface area is 90.5 Å². The molecular weight excluding hydrogens is 276 g/mol. The van der Waals surface area contributed by atoms with Crippen LogP contribution >= 0.6 is 0 Å². The zero-order valence-corrected chi connectivity index (χ0v) is 9.90. The first-order chi connectivity index (χ1) is 6.95. The predicted molar refractivity (Wildman–Crippen MR) is 48.8 cm³/mol. The van der Waals surface area contributed by atoms with Crippen molar-refractivity contribution >= 4 is 19.7 Å². The summed E-state index contributed by atoms with van der Waals surface area (Å²) < 4.78 is 91.7. The van der Waals surface area contributed by atoms with E-state index in [4.69, 9.17) is 0 Å². The third kappa shape index (κ3) is 2.84. The van der Waals surface area contributed by atoms with Gasteiger partial charge in [-0.25, -0.2) is 16.8 Å². The summed E-state index contributed by atoms with van der Waals surface area (Å²) in [5.74, 6) is -7.59. The standard InChI is InChI=1S/C6H10F4O4S2/c1-3(15(11,12)5(7)8)4(2)16(13,14)6(9)10/h3-6H,1-2H3. The second kappa shape index (κ2) is 4.86. The van der Waals surface area contributed by atoms with Crippen LogP contribution in [0.3, 0.4) is 0 Å². The molecule has 2 unspecified atom stereocenters. The van der Waals surface area contributed by atoms with Crippen molar-refractivity contribution in [3.63, 3.8) is 0 Å². The van der Waals surface area contributed by atoms with Gasteiger partial charge in [0.15, 0.2) is 0 Å². The van der Waals surface area contributed by atoms with Crippen molar-refractivity contribution < 1.29 is 34.4 Å². The molecule has 0 saturated carbocycles. The second-order valence-corrected chi connectivity index (χ2v) is 7.67. The summed E-state index contributed by atoms with van der Waals surface area (Å²) in [5, 5.41) is -4.18. The fourth-order valence-electron chi connectivity index (χ4n) is 0.859. The first-order valence-electron chi connectivity index (χ1n) is 3.97. The fraction of sp³-hybridized carbons (Fsp3) is 1.00. The Balaban J connectivity index is 5.27. The minimum atomic E-state index is -5.04. The highest BCUT2D eigenvalue weighted by Gasteiger charge is 2.43. The van der Waals surface area contributed by atoms with Gasteiger partial charge in [0.2, 0.25) is 19.7 Å². The van der Waals surface area contributed by atoms with Crippen LogP contribution in [0.4, 0.5) is 17.6 Å². The van der Waals surface area contributed by atoms with Crippen LogP contribution in [-0.4, -0.2) is 38.9 Å². The van der Waals surface area contributed by atoms with E-state index in [-0.39, 0.29) is 0 Å². The molecule has 98 valence electrons. The molecule has 16 heavy (non-hydrogen) atoms. The van der Waals surface area contributed by atoms with Gasteiger partial charge in [-0.3, -0.25) is 0 Å². The molecule has 0 aromatic rings. The Hall–Kier alpha value is -0.380. The van der Waals surface area contributed by atoms with Crippen LogP contribution in [0.1, 0.15) is 13.8 Å². The summed E-state index contributed by atoms with van der Waals surface area (Å²) in [7, 11) is -10.1. The third-order valence-electron chi connectivity index (χ3n) is 2.19. The van der Waals surface area contributed by atoms with Gasteiger partial charge >= 0.3 is 11.5 Å². The molecular formula is C6H10F4O4S2. The molecule has 0 radical (unpaired) electrons. The largest absolute Gasteiger partial charge is 0.337 e. The molecule has 2 atom stereocenters. The maximum atomic E-state index is 12.0. The Morgan fingerprint density at radius 3 is 1.00 bits per heavy atom. The van der Waals surface area contributed by atoms with E-state index in [1.165, 1.54) is 0 Å². The number of halogens is 4. The van der Waals surface area contributed by atoms with Crippen molar-refractivity contribution in [2.45, 2.75) is 35.9 Å². The summed E-state index contributed by atoms with van der Waals surface area (Å²) in [6.45, 7) is 1.32. The highest BCUT2D eigenvalue weighted by atomic mass is 32.2. The molecule has 0 rings (SSSR count). The number of hydrogen-bond acceptors (Lipinski definition) is 4. The maximum absolute atomic E-state index is 12.0. The predicted octanol–water partition coefficient (Wildman–Crippen LogP) is 1.04. The quantitative estimate of drug-likeness (QED) is 0.708. The molecule has 0 amide bonds. The maximum Gasteiger partial charge on any atom is 0.337 e. The highest BCUT2D eigenvalue weighted by molar-refractivity contribution is 7.96. The molecule has 0 bridgehead atoms. The number of hydrogen-bond donors (Lipinski definition) is 0. The smallest absolute Gasteiger partial charge is 0.223 e. The first kappa shape index (κ1) is 15.6. The Kier molecular flexibility index (Phi) is 4.75. The molecule has 0 aliphatic heterocycles. The minimum Gasteiger partial charge on any atom is -0.223 e. The first-order valence-corrected chi connectivity index (χ1v) is 7.19. The average Bonchev–Trinajstić information content (AvgIpc) is 2.14. The molecule has 4 nitrogen and oxygen atoms in total. The van der Waals surface area contributed by atoms with Gasteiger partial charge in [0.1, 0.15) is 0 Å². The number of alkyl halides is 4. The van der Waals surface area contributed by atoms with Crippen molar-refractivity contribution in [2.24, 2.45) is 0 Å². The zero-order valence-electron chi connectivity index (χ0n) is 8.27. The Morgan fingerprint density at radius 2 is 0.875 bits per heavy atom. The van der Waals surface area contributed by atoms with Gasteiger partial charge in [-0.05, 0) is 13.8 Å². The lowest BCUT2D eigenvalue weighted by atomic mass is 10.4. The van der Waals surface area contributed by atoms with Crippen molar-refractivity contribution in [1.82, 2.24) is 0 Å². The Morgan fingerprint density at radius 1 is 0.688 bits per heavy atom. The summed E-state index contributed by atoms with van der Waals surface area (Å²) in [6, 6.07) is 0. The monoisotopic (exact) mass is 286 g/mol. The fourth-order valence-corrected chi connectivity index (χ4v) is 3.51. The summed E-state index contributed by atoms with van der Waals surface area (Å²) in [6.07, 6.45) is 0. The Bertz CT molecular complexity index is 385. The molecule has 0 saturated heterocycles. The molecule has 0 aliphatic carbocycles. The van der Waals surface area contributed by atoms with E-state index in [1.54, 1.807) is 0 Å². The molecule has 0 heterocycles. The zero-order chi connectivity index (χ0) is 13.3. The minimum absolute atomic E-state index is 0.659. The van der Waals surface area contributed by atoms with E-state index in [0.29, 0.717) is 13.8 Å². The van der Waals surface area contributed by atoms with Crippen molar-refractivity contribution in [3.8, 4) is 0 Å². The van der Waals surface area contributed by atoms with Gasteiger partial charge < -0.3 is 0 Å². The van der Waals surface area contributed by atoms with Crippen LogP contribution in [0.25, 0.3) is 0 Å². The van der Waals surface area contributed by atoms with E-state index in [9.17, 15) is 34.4 Å². The molecule has 0 aliphatic rings. The number of sulfone groups is 2. The molecule has 0 fully saturated rings. The molecule has 10 heteroatoms. The van der Waals surface area contributed by atoms with Crippen LogP contribution in [-0.2, 0) is 19.7 Å². The van der Waals surface area contributed by atoms with Gasteiger partial charge in [0, 0.05) is 0 Å².